The number of carbonyl (C=O) groups excluding carboxylic acids is 1. The molecule has 2 heterocycles. The molecule has 0 atom stereocenters. The van der Waals surface area contributed by atoms with E-state index in [2.05, 4.69) is 20.6 Å². The number of nitrogens with two attached hydrogens (primary N) is 1. The highest BCUT2D eigenvalue weighted by Gasteiger charge is 2.21. The molecule has 0 saturated heterocycles. The van der Waals surface area contributed by atoms with Gasteiger partial charge < -0.3 is 21.1 Å². The zero-order chi connectivity index (χ0) is 24.4. The molecule has 1 aliphatic rings. The van der Waals surface area contributed by atoms with E-state index in [1.807, 2.05) is 28.9 Å². The predicted octanol–water partition coefficient (Wildman–Crippen LogP) is 2.91. The van der Waals surface area contributed by atoms with Crippen LogP contribution in [-0.4, -0.2) is 45.4 Å². The molecule has 1 fully saturated rings. The molecule has 35 heavy (non-hydrogen) atoms. The summed E-state index contributed by atoms with van der Waals surface area (Å²) in [6, 6.07) is 12.1. The minimum absolute atomic E-state index is 0.146. The van der Waals surface area contributed by atoms with E-state index in [1.54, 1.807) is 0 Å². The minimum atomic E-state index is -0.501. The van der Waals surface area contributed by atoms with E-state index in [0.717, 1.165) is 29.1 Å². The lowest BCUT2D eigenvalue weighted by Crippen LogP contribution is -2.23. The first-order chi connectivity index (χ1) is 17.0. The monoisotopic (exact) mass is 475 g/mol. The van der Waals surface area contributed by atoms with E-state index in [0.29, 0.717) is 35.5 Å². The van der Waals surface area contributed by atoms with Gasteiger partial charge in [-0.05, 0) is 36.6 Å². The lowest BCUT2D eigenvalue weighted by atomic mass is 10.1. The van der Waals surface area contributed by atoms with Gasteiger partial charge in [0.2, 0.25) is 0 Å². The van der Waals surface area contributed by atoms with E-state index >= 15 is 0 Å². The molecule has 1 saturated carbocycles. The molecule has 1 aliphatic carbocycles. The number of nitrogen functional groups attached to an aromatic ring is 1. The van der Waals surface area contributed by atoms with Crippen molar-refractivity contribution in [3.8, 4) is 17.0 Å². The van der Waals surface area contributed by atoms with Crippen molar-refractivity contribution in [1.29, 1.82) is 0 Å². The quantitative estimate of drug-likeness (QED) is 0.340. The second-order valence-electron chi connectivity index (χ2n) is 8.48. The molecular weight excluding hydrogens is 449 g/mol. The van der Waals surface area contributed by atoms with Crippen molar-refractivity contribution in [2.45, 2.75) is 32.0 Å². The van der Waals surface area contributed by atoms with Gasteiger partial charge in [-0.25, -0.2) is 19.0 Å². The van der Waals surface area contributed by atoms with E-state index in [1.165, 1.54) is 38.4 Å². The Balaban J connectivity index is 1.32. The van der Waals surface area contributed by atoms with Crippen LogP contribution in [0.15, 0.2) is 48.8 Å². The standard InChI is InChI=1S/C25H26FN7O2/c1-35-20-9-6-17(26)12-19(20)25(34)29-13-15-2-4-16(5-3-15)22-21-23(27)30-14-31-24(21)33(32-22)11-10-28-18-7-8-18/h2-6,9,12,14,18,28H,7-8,10-11,13H2,1H3,(H,29,34)(H2,27,30,31). The number of halogens is 1. The highest BCUT2D eigenvalue weighted by atomic mass is 19.1. The molecule has 2 aromatic heterocycles. The predicted molar refractivity (Wildman–Crippen MR) is 130 cm³/mol. The molecule has 10 heteroatoms. The van der Waals surface area contributed by atoms with Crippen LogP contribution in [0, 0.1) is 5.82 Å². The summed E-state index contributed by atoms with van der Waals surface area (Å²) in [6.07, 6.45) is 3.90. The fourth-order valence-corrected chi connectivity index (χ4v) is 3.97. The van der Waals surface area contributed by atoms with Gasteiger partial charge in [-0.3, -0.25) is 4.79 Å². The summed E-state index contributed by atoms with van der Waals surface area (Å²) in [5, 5.41) is 11.8. The summed E-state index contributed by atoms with van der Waals surface area (Å²) in [7, 11) is 1.44. The summed E-state index contributed by atoms with van der Waals surface area (Å²) in [4.78, 5) is 21.1. The number of nitrogens with zero attached hydrogens (tertiary/aromatic N) is 4. The van der Waals surface area contributed by atoms with Gasteiger partial charge in [0.05, 0.1) is 24.6 Å². The maximum atomic E-state index is 13.6. The van der Waals surface area contributed by atoms with E-state index in [4.69, 9.17) is 15.6 Å². The fraction of sp³-hybridized carbons (Fsp3) is 0.280. The SMILES string of the molecule is COc1ccc(F)cc1C(=O)NCc1ccc(-c2nn(CCNC3CC3)c3ncnc(N)c23)cc1. The summed E-state index contributed by atoms with van der Waals surface area (Å²) < 4.78 is 20.6. The van der Waals surface area contributed by atoms with Gasteiger partial charge in [0.25, 0.3) is 5.91 Å². The number of aromatic nitrogens is 4. The van der Waals surface area contributed by atoms with Crippen molar-refractivity contribution < 1.29 is 13.9 Å². The Hall–Kier alpha value is -4.05. The topological polar surface area (TPSA) is 120 Å². The summed E-state index contributed by atoms with van der Waals surface area (Å²) in [6.45, 7) is 1.75. The van der Waals surface area contributed by atoms with Crippen LogP contribution in [0.4, 0.5) is 10.2 Å². The molecule has 180 valence electrons. The fourth-order valence-electron chi connectivity index (χ4n) is 3.97. The van der Waals surface area contributed by atoms with Gasteiger partial charge in [-0.1, -0.05) is 24.3 Å². The van der Waals surface area contributed by atoms with Crippen LogP contribution in [0.2, 0.25) is 0 Å². The third kappa shape index (κ3) is 4.92. The van der Waals surface area contributed by atoms with Crippen molar-refractivity contribution in [3.05, 3.63) is 65.7 Å². The van der Waals surface area contributed by atoms with E-state index < -0.39 is 11.7 Å². The normalized spacial score (nSPS) is 13.2. The molecule has 0 radical (unpaired) electrons. The van der Waals surface area contributed by atoms with Crippen LogP contribution in [0.25, 0.3) is 22.3 Å². The van der Waals surface area contributed by atoms with Gasteiger partial charge >= 0.3 is 0 Å². The van der Waals surface area contributed by atoms with Crippen LogP contribution in [0.1, 0.15) is 28.8 Å². The molecule has 0 spiro atoms. The lowest BCUT2D eigenvalue weighted by molar-refractivity contribution is 0.0947. The van der Waals surface area contributed by atoms with Crippen LogP contribution in [0.5, 0.6) is 5.75 Å². The van der Waals surface area contributed by atoms with Crippen LogP contribution in [0.3, 0.4) is 0 Å². The second kappa shape index (κ2) is 9.67. The minimum Gasteiger partial charge on any atom is -0.496 e. The van der Waals surface area contributed by atoms with Gasteiger partial charge in [0, 0.05) is 24.7 Å². The van der Waals surface area contributed by atoms with Gasteiger partial charge in [0.1, 0.15) is 29.4 Å². The number of carbonyl (C=O) groups is 1. The van der Waals surface area contributed by atoms with Crippen molar-refractivity contribution in [3.63, 3.8) is 0 Å². The molecule has 0 bridgehead atoms. The Bertz CT molecular complexity index is 1370. The van der Waals surface area contributed by atoms with Crippen molar-refractivity contribution in [2.24, 2.45) is 0 Å². The first-order valence-electron chi connectivity index (χ1n) is 11.4. The van der Waals surface area contributed by atoms with E-state index in [-0.39, 0.29) is 12.1 Å². The van der Waals surface area contributed by atoms with Gasteiger partial charge in [0.15, 0.2) is 5.65 Å². The van der Waals surface area contributed by atoms with Crippen molar-refractivity contribution in [2.75, 3.05) is 19.4 Å². The maximum Gasteiger partial charge on any atom is 0.255 e. The Morgan fingerprint density at radius 1 is 1.20 bits per heavy atom. The second-order valence-corrected chi connectivity index (χ2v) is 8.48. The van der Waals surface area contributed by atoms with Crippen LogP contribution >= 0.6 is 0 Å². The Kier molecular flexibility index (Phi) is 6.28. The molecule has 4 N–H and O–H groups in total. The number of methoxy groups -OCH3 is 1. The molecule has 0 aliphatic heterocycles. The van der Waals surface area contributed by atoms with Gasteiger partial charge in [-0.2, -0.15) is 5.10 Å². The Labute approximate surface area is 201 Å². The van der Waals surface area contributed by atoms with Crippen LogP contribution in [-0.2, 0) is 13.1 Å². The number of hydrogen-bond donors (Lipinski definition) is 3. The lowest BCUT2D eigenvalue weighted by Gasteiger charge is -2.10. The van der Waals surface area contributed by atoms with Crippen molar-refractivity contribution >= 4 is 22.8 Å². The smallest absolute Gasteiger partial charge is 0.255 e. The van der Waals surface area contributed by atoms with Gasteiger partial charge in [-0.15, -0.1) is 0 Å². The first-order valence-corrected chi connectivity index (χ1v) is 11.4. The largest absolute Gasteiger partial charge is 0.496 e. The maximum absolute atomic E-state index is 13.6. The number of amides is 1. The number of hydrogen-bond acceptors (Lipinski definition) is 7. The zero-order valence-corrected chi connectivity index (χ0v) is 19.3. The Morgan fingerprint density at radius 3 is 2.74 bits per heavy atom. The highest BCUT2D eigenvalue weighted by Crippen LogP contribution is 2.30. The average Bonchev–Trinajstić information content (AvgIpc) is 3.62. The molecule has 9 nitrogen and oxygen atoms in total. The molecule has 5 rings (SSSR count). The zero-order valence-electron chi connectivity index (χ0n) is 19.3. The number of nitrogens with one attached hydrogen (secondary N) is 2. The molecule has 0 unspecified atom stereocenters. The number of rotatable bonds is 9. The number of ether oxygens (including phenoxy) is 1. The summed E-state index contributed by atoms with van der Waals surface area (Å²) >= 11 is 0. The molecular formula is C25H26FN7O2. The summed E-state index contributed by atoms with van der Waals surface area (Å²) in [5.74, 6) is -0.223. The molecule has 1 amide bonds. The first kappa shape index (κ1) is 22.7. The molecule has 4 aromatic rings. The van der Waals surface area contributed by atoms with E-state index in [9.17, 15) is 9.18 Å². The van der Waals surface area contributed by atoms with Crippen LogP contribution < -0.4 is 21.1 Å². The summed E-state index contributed by atoms with van der Waals surface area (Å²) in [5.41, 5.74) is 9.49. The highest BCUT2D eigenvalue weighted by molar-refractivity contribution is 5.98. The third-order valence-corrected chi connectivity index (χ3v) is 5.98. The third-order valence-electron chi connectivity index (χ3n) is 5.98. The number of anilines is 1. The Morgan fingerprint density at radius 2 is 2.00 bits per heavy atom. The average molecular weight is 476 g/mol. The molecule has 2 aromatic carbocycles. The number of benzene rings is 2. The van der Waals surface area contributed by atoms with Crippen molar-refractivity contribution in [1.82, 2.24) is 30.4 Å². The number of fused-ring (bicyclic) bond motifs is 1.